The van der Waals surface area contributed by atoms with E-state index in [2.05, 4.69) is 72.2 Å². The molecule has 1 fully saturated rings. The van der Waals surface area contributed by atoms with E-state index in [0.29, 0.717) is 0 Å². The van der Waals surface area contributed by atoms with Crippen LogP contribution >= 0.6 is 22.6 Å². The summed E-state index contributed by atoms with van der Waals surface area (Å²) < 4.78 is 28.5. The van der Waals surface area contributed by atoms with Gasteiger partial charge in [-0.1, -0.05) is 46.1 Å². The highest BCUT2D eigenvalue weighted by Crippen LogP contribution is 2.39. The summed E-state index contributed by atoms with van der Waals surface area (Å²) in [5.74, 6) is -1.48. The number of benzene rings is 2. The molecule has 1 aliphatic rings. The van der Waals surface area contributed by atoms with Gasteiger partial charge in [-0.2, -0.15) is 0 Å². The van der Waals surface area contributed by atoms with Crippen LogP contribution in [0.5, 0.6) is 0 Å². The minimum absolute atomic E-state index is 0.0119. The van der Waals surface area contributed by atoms with Gasteiger partial charge >= 0.3 is 6.09 Å². The van der Waals surface area contributed by atoms with E-state index in [9.17, 15) is 23.8 Å². The topological polar surface area (TPSA) is 81.6 Å². The Morgan fingerprint density at radius 2 is 1.69 bits per heavy atom. The first-order valence-corrected chi connectivity index (χ1v) is 13.1. The maximum absolute atomic E-state index is 13.7. The Morgan fingerprint density at radius 3 is 2.26 bits per heavy atom. The van der Waals surface area contributed by atoms with E-state index in [1.54, 1.807) is 0 Å². The maximum Gasteiger partial charge on any atom is 0.404 e. The summed E-state index contributed by atoms with van der Waals surface area (Å²) in [5.41, 5.74) is 2.35. The van der Waals surface area contributed by atoms with Crippen molar-refractivity contribution in [1.29, 1.82) is 0 Å². The fourth-order valence-electron chi connectivity index (χ4n) is 4.89. The molecule has 2 aromatic carbocycles. The van der Waals surface area contributed by atoms with Gasteiger partial charge in [0.15, 0.2) is 0 Å². The van der Waals surface area contributed by atoms with E-state index in [-0.39, 0.29) is 29.5 Å². The average Bonchev–Trinajstić information content (AvgIpc) is 2.75. The zero-order valence-electron chi connectivity index (χ0n) is 20.5. The number of halogens is 3. The number of rotatable bonds is 8. The number of aliphatic hydroxyl groups is 1. The quantitative estimate of drug-likeness (QED) is 0.287. The lowest BCUT2D eigenvalue weighted by molar-refractivity contribution is 0.1000. The van der Waals surface area contributed by atoms with Crippen molar-refractivity contribution in [3.8, 4) is 0 Å². The van der Waals surface area contributed by atoms with Crippen molar-refractivity contribution in [2.24, 2.45) is 0 Å². The second-order valence-corrected chi connectivity index (χ2v) is 11.9. The first kappa shape index (κ1) is 27.8. The number of amides is 1. The predicted octanol–water partition coefficient (Wildman–Crippen LogP) is 5.86. The Morgan fingerprint density at radius 1 is 1.06 bits per heavy atom. The standard InChI is InChI=1S/C27H35F2IN2O3/c1-26(2,3)18-12-19(14-22(30)13-18)27(7-5-4-6-8-27)31-16-24(33)23(32-25(34)35)11-17-9-20(28)15-21(29)10-17/h9-10,12-15,23-24,31-33H,4-8,11,16H2,1-3H3,(H,34,35). The summed E-state index contributed by atoms with van der Waals surface area (Å²) in [6, 6.07) is 8.77. The van der Waals surface area contributed by atoms with E-state index < -0.39 is 29.9 Å². The van der Waals surface area contributed by atoms with Crippen molar-refractivity contribution >= 4 is 28.7 Å². The Kier molecular flexibility index (Phi) is 9.15. The molecule has 0 heterocycles. The highest BCUT2D eigenvalue weighted by Gasteiger charge is 2.36. The number of hydrogen-bond donors (Lipinski definition) is 4. The molecule has 1 aliphatic carbocycles. The molecule has 0 spiro atoms. The molecule has 0 saturated heterocycles. The van der Waals surface area contributed by atoms with Crippen molar-refractivity contribution in [3.05, 3.63) is 68.3 Å². The highest BCUT2D eigenvalue weighted by molar-refractivity contribution is 14.1. The molecule has 8 heteroatoms. The van der Waals surface area contributed by atoms with Crippen LogP contribution in [0.25, 0.3) is 0 Å². The van der Waals surface area contributed by atoms with Crippen LogP contribution in [0.3, 0.4) is 0 Å². The van der Waals surface area contributed by atoms with E-state index in [0.717, 1.165) is 53.9 Å². The highest BCUT2D eigenvalue weighted by atomic mass is 127. The lowest BCUT2D eigenvalue weighted by Crippen LogP contribution is -2.53. The number of carbonyl (C=O) groups is 1. The predicted molar refractivity (Wildman–Crippen MR) is 142 cm³/mol. The molecule has 5 nitrogen and oxygen atoms in total. The minimum Gasteiger partial charge on any atom is -0.465 e. The van der Waals surface area contributed by atoms with Gasteiger partial charge in [0.25, 0.3) is 0 Å². The number of nitrogens with one attached hydrogen (secondary N) is 2. The van der Waals surface area contributed by atoms with Gasteiger partial charge in [0, 0.05) is 21.7 Å². The lowest BCUT2D eigenvalue weighted by atomic mass is 9.74. The van der Waals surface area contributed by atoms with Gasteiger partial charge in [-0.25, -0.2) is 13.6 Å². The molecule has 35 heavy (non-hydrogen) atoms. The van der Waals surface area contributed by atoms with Gasteiger partial charge in [0.05, 0.1) is 12.1 Å². The molecule has 0 bridgehead atoms. The second kappa shape index (κ2) is 11.5. The first-order chi connectivity index (χ1) is 16.4. The van der Waals surface area contributed by atoms with E-state index in [1.807, 2.05) is 0 Å². The molecule has 2 unspecified atom stereocenters. The van der Waals surface area contributed by atoms with Crippen LogP contribution in [0.1, 0.15) is 69.6 Å². The zero-order valence-corrected chi connectivity index (χ0v) is 22.7. The van der Waals surface area contributed by atoms with Crippen molar-refractivity contribution in [2.45, 2.75) is 82.4 Å². The van der Waals surface area contributed by atoms with Gasteiger partial charge in [0.1, 0.15) is 11.6 Å². The summed E-state index contributed by atoms with van der Waals surface area (Å²) >= 11 is 2.34. The normalized spacial score (nSPS) is 17.6. The summed E-state index contributed by atoms with van der Waals surface area (Å²) in [7, 11) is 0. The first-order valence-electron chi connectivity index (χ1n) is 12.1. The third-order valence-electron chi connectivity index (χ3n) is 6.82. The molecule has 0 aromatic heterocycles. The molecule has 2 atom stereocenters. The largest absolute Gasteiger partial charge is 0.465 e. The molecular formula is C27H35F2IN2O3. The Hall–Kier alpha value is -1.78. The lowest BCUT2D eigenvalue weighted by Gasteiger charge is -2.41. The van der Waals surface area contributed by atoms with Crippen LogP contribution in [0.15, 0.2) is 36.4 Å². The number of aliphatic hydroxyl groups excluding tert-OH is 1. The van der Waals surface area contributed by atoms with Crippen LogP contribution in [-0.4, -0.2) is 35.0 Å². The molecule has 1 amide bonds. The third kappa shape index (κ3) is 7.60. The molecule has 3 rings (SSSR count). The smallest absolute Gasteiger partial charge is 0.404 e. The molecule has 0 radical (unpaired) electrons. The van der Waals surface area contributed by atoms with Crippen molar-refractivity contribution in [2.75, 3.05) is 6.54 Å². The summed E-state index contributed by atoms with van der Waals surface area (Å²) in [5, 5.41) is 26.2. The minimum atomic E-state index is -1.30. The Bertz CT molecular complexity index is 1020. The monoisotopic (exact) mass is 600 g/mol. The van der Waals surface area contributed by atoms with Crippen LogP contribution < -0.4 is 10.6 Å². The van der Waals surface area contributed by atoms with E-state index >= 15 is 0 Å². The fourth-order valence-corrected chi connectivity index (χ4v) is 5.56. The average molecular weight is 600 g/mol. The van der Waals surface area contributed by atoms with E-state index in [4.69, 9.17) is 0 Å². The number of hydrogen-bond acceptors (Lipinski definition) is 3. The van der Waals surface area contributed by atoms with Crippen LogP contribution in [0.4, 0.5) is 13.6 Å². The van der Waals surface area contributed by atoms with Gasteiger partial charge in [-0.05, 0) is 88.2 Å². The Balaban J connectivity index is 1.84. The maximum atomic E-state index is 13.7. The van der Waals surface area contributed by atoms with Crippen molar-refractivity contribution < 1.29 is 23.8 Å². The molecule has 0 aliphatic heterocycles. The Labute approximate surface area is 219 Å². The van der Waals surface area contributed by atoms with Gasteiger partial charge in [0.2, 0.25) is 0 Å². The molecule has 1 saturated carbocycles. The summed E-state index contributed by atoms with van der Waals surface area (Å²) in [6.07, 6.45) is 2.65. The molecule has 4 N–H and O–H groups in total. The second-order valence-electron chi connectivity index (χ2n) is 10.6. The summed E-state index contributed by atoms with van der Waals surface area (Å²) in [4.78, 5) is 11.4. The molecule has 192 valence electrons. The molecular weight excluding hydrogens is 565 g/mol. The summed E-state index contributed by atoms with van der Waals surface area (Å²) in [6.45, 7) is 6.69. The molecule has 2 aromatic rings. The van der Waals surface area contributed by atoms with Crippen molar-refractivity contribution in [1.82, 2.24) is 10.6 Å². The fraction of sp³-hybridized carbons (Fsp3) is 0.519. The van der Waals surface area contributed by atoms with Crippen LogP contribution in [-0.2, 0) is 17.4 Å². The van der Waals surface area contributed by atoms with Crippen LogP contribution in [0.2, 0.25) is 0 Å². The van der Waals surface area contributed by atoms with Gasteiger partial charge < -0.3 is 20.8 Å². The van der Waals surface area contributed by atoms with Crippen molar-refractivity contribution in [3.63, 3.8) is 0 Å². The zero-order chi connectivity index (χ0) is 25.8. The van der Waals surface area contributed by atoms with Gasteiger partial charge in [-0.3, -0.25) is 0 Å². The van der Waals surface area contributed by atoms with E-state index in [1.165, 1.54) is 11.1 Å². The van der Waals surface area contributed by atoms with Crippen LogP contribution in [0, 0.1) is 15.2 Å². The number of carboxylic acid groups (broad SMARTS) is 1. The SMILES string of the molecule is CC(C)(C)c1cc(I)cc(C2(NCC(O)C(Cc3cc(F)cc(F)c3)NC(=O)O)CCCCC2)c1. The van der Waals surface area contributed by atoms with Gasteiger partial charge in [-0.15, -0.1) is 0 Å². The third-order valence-corrected chi connectivity index (χ3v) is 7.45.